The Morgan fingerprint density at radius 2 is 1.72 bits per heavy atom. The van der Waals surface area contributed by atoms with Crippen LogP contribution in [0.25, 0.3) is 28.1 Å². The number of rotatable bonds is 9. The normalized spacial score (nSPS) is 14.2. The SMILES string of the molecule is C=CCN1C(=O)/C(=C\c2ccc(CNc3cccc(-c4c(C(=O)c5ccccc5)cnc5c(C(F)(F)F)cccc45)c3)cc2)SC1=S. The molecule has 1 N–H and O–H groups in total. The summed E-state index contributed by atoms with van der Waals surface area (Å²) < 4.78 is 42.4. The summed E-state index contributed by atoms with van der Waals surface area (Å²) in [5, 5.41) is 3.61. The minimum absolute atomic E-state index is 0.143. The van der Waals surface area contributed by atoms with Crippen LogP contribution in [0.3, 0.4) is 0 Å². The summed E-state index contributed by atoms with van der Waals surface area (Å²) in [6.45, 7) is 4.50. The second-order valence-corrected chi connectivity index (χ2v) is 12.4. The molecular weight excluding hydrogens is 640 g/mol. The number of nitrogens with zero attached hydrogens (tertiary/aromatic N) is 2. The first kappa shape index (κ1) is 31.9. The van der Waals surface area contributed by atoms with Crippen molar-refractivity contribution < 1.29 is 22.8 Å². The average Bonchev–Trinajstić information content (AvgIpc) is 3.34. The van der Waals surface area contributed by atoms with Gasteiger partial charge >= 0.3 is 6.18 Å². The van der Waals surface area contributed by atoms with Gasteiger partial charge in [0.25, 0.3) is 5.91 Å². The van der Waals surface area contributed by atoms with Gasteiger partial charge in [0.15, 0.2) is 5.78 Å². The summed E-state index contributed by atoms with van der Waals surface area (Å²) in [4.78, 5) is 32.5. The van der Waals surface area contributed by atoms with Gasteiger partial charge < -0.3 is 5.32 Å². The molecule has 0 bridgehead atoms. The van der Waals surface area contributed by atoms with E-state index in [4.69, 9.17) is 12.2 Å². The summed E-state index contributed by atoms with van der Waals surface area (Å²) in [5.41, 5.74) is 3.01. The number of nitrogens with one attached hydrogen (secondary N) is 1. The van der Waals surface area contributed by atoms with Gasteiger partial charge in [-0.25, -0.2) is 0 Å². The standard InChI is InChI=1S/C37H26F3N3O2S2/c1-2-18-43-35(45)31(47-36(43)46)19-23-14-16-24(17-15-23)21-41-27-11-6-10-26(20-27)32-28-12-7-13-30(37(38,39)40)33(28)42-22-29(32)34(44)25-8-4-3-5-9-25/h2-17,19-20,22,41H,1,18,21H2/b31-19+. The molecule has 234 valence electrons. The fourth-order valence-corrected chi connectivity index (χ4v) is 6.61. The van der Waals surface area contributed by atoms with Gasteiger partial charge in [-0.05, 0) is 41.0 Å². The molecule has 0 aliphatic carbocycles. The van der Waals surface area contributed by atoms with Crippen molar-refractivity contribution in [2.45, 2.75) is 12.7 Å². The van der Waals surface area contributed by atoms with Gasteiger partial charge in [0.05, 0.1) is 16.0 Å². The van der Waals surface area contributed by atoms with Crippen LogP contribution < -0.4 is 5.32 Å². The van der Waals surface area contributed by atoms with Crippen LogP contribution >= 0.6 is 24.0 Å². The van der Waals surface area contributed by atoms with Crippen molar-refractivity contribution in [2.75, 3.05) is 11.9 Å². The number of thiocarbonyl (C=S) groups is 1. The molecule has 0 spiro atoms. The largest absolute Gasteiger partial charge is 0.418 e. The maximum absolute atomic E-state index is 14.0. The number of ketones is 1. The second kappa shape index (κ2) is 13.4. The predicted octanol–water partition coefficient (Wildman–Crippen LogP) is 9.15. The Morgan fingerprint density at radius 3 is 2.45 bits per heavy atom. The van der Waals surface area contributed by atoms with Crippen molar-refractivity contribution in [3.8, 4) is 11.1 Å². The second-order valence-electron chi connectivity index (χ2n) is 10.7. The third kappa shape index (κ3) is 6.74. The Kier molecular flexibility index (Phi) is 9.06. The van der Waals surface area contributed by atoms with Gasteiger partial charge in [-0.1, -0.05) is 109 Å². The molecule has 6 rings (SSSR count). The molecule has 5 aromatic rings. The van der Waals surface area contributed by atoms with Crippen molar-refractivity contribution in [1.29, 1.82) is 0 Å². The Labute approximate surface area is 278 Å². The molecule has 0 atom stereocenters. The Morgan fingerprint density at radius 1 is 0.979 bits per heavy atom. The minimum atomic E-state index is -4.62. The first-order valence-corrected chi connectivity index (χ1v) is 15.7. The highest BCUT2D eigenvalue weighted by Crippen LogP contribution is 2.39. The summed E-state index contributed by atoms with van der Waals surface area (Å²) in [6.07, 6.45) is 0.0630. The highest BCUT2D eigenvalue weighted by Gasteiger charge is 2.34. The lowest BCUT2D eigenvalue weighted by molar-refractivity contribution is -0.136. The fraction of sp³-hybridized carbons (Fsp3) is 0.0811. The summed E-state index contributed by atoms with van der Waals surface area (Å²) in [5.74, 6) is -0.482. The topological polar surface area (TPSA) is 62.3 Å². The Bertz CT molecular complexity index is 2060. The monoisotopic (exact) mass is 665 g/mol. The van der Waals surface area contributed by atoms with E-state index in [9.17, 15) is 22.8 Å². The quantitative estimate of drug-likeness (QED) is 0.0734. The molecule has 1 fully saturated rings. The van der Waals surface area contributed by atoms with Crippen LogP contribution in [-0.2, 0) is 17.5 Å². The zero-order chi connectivity index (χ0) is 33.1. The van der Waals surface area contributed by atoms with E-state index in [0.29, 0.717) is 44.7 Å². The molecular formula is C37H26F3N3O2S2. The lowest BCUT2D eigenvalue weighted by atomic mass is 9.91. The number of halogens is 3. The number of carbonyl (C=O) groups excluding carboxylic acids is 2. The van der Waals surface area contributed by atoms with E-state index >= 15 is 0 Å². The van der Waals surface area contributed by atoms with Gasteiger partial charge in [-0.15, -0.1) is 6.58 Å². The zero-order valence-electron chi connectivity index (χ0n) is 24.8. The maximum Gasteiger partial charge on any atom is 0.418 e. The number of aromatic nitrogens is 1. The number of para-hydroxylation sites is 1. The van der Waals surface area contributed by atoms with Crippen LogP contribution in [0.5, 0.6) is 0 Å². The molecule has 10 heteroatoms. The number of benzene rings is 4. The van der Waals surface area contributed by atoms with Crippen molar-refractivity contribution in [1.82, 2.24) is 9.88 Å². The van der Waals surface area contributed by atoms with Crippen molar-refractivity contribution in [2.24, 2.45) is 0 Å². The molecule has 1 aromatic heterocycles. The van der Waals surface area contributed by atoms with Gasteiger partial charge in [0, 0.05) is 47.1 Å². The highest BCUT2D eigenvalue weighted by molar-refractivity contribution is 8.26. The van der Waals surface area contributed by atoms with E-state index in [-0.39, 0.29) is 28.2 Å². The average molecular weight is 666 g/mol. The molecule has 0 saturated carbocycles. The molecule has 4 aromatic carbocycles. The lowest BCUT2D eigenvalue weighted by Gasteiger charge is -2.16. The van der Waals surface area contributed by atoms with Crippen molar-refractivity contribution >= 4 is 62.7 Å². The summed E-state index contributed by atoms with van der Waals surface area (Å²) in [6, 6.07) is 27.4. The maximum atomic E-state index is 14.0. The molecule has 1 amide bonds. The van der Waals surface area contributed by atoms with Crippen LogP contribution in [-0.4, -0.2) is 32.4 Å². The highest BCUT2D eigenvalue weighted by atomic mass is 32.2. The Hall–Kier alpha value is -5.06. The molecule has 0 radical (unpaired) electrons. The number of hydrogen-bond acceptors (Lipinski definition) is 6. The number of thioether (sulfide) groups is 1. The number of hydrogen-bond donors (Lipinski definition) is 1. The van der Waals surface area contributed by atoms with Gasteiger partial charge in [0.1, 0.15) is 4.32 Å². The third-order valence-corrected chi connectivity index (χ3v) is 8.97. The Balaban J connectivity index is 1.29. The van der Waals surface area contributed by atoms with Crippen LogP contribution in [0.4, 0.5) is 18.9 Å². The van der Waals surface area contributed by atoms with Crippen molar-refractivity contribution in [3.05, 3.63) is 149 Å². The van der Waals surface area contributed by atoms with Gasteiger partial charge in [-0.2, -0.15) is 13.2 Å². The zero-order valence-corrected chi connectivity index (χ0v) is 26.4. The number of anilines is 1. The van der Waals surface area contributed by atoms with Crippen molar-refractivity contribution in [3.63, 3.8) is 0 Å². The summed E-state index contributed by atoms with van der Waals surface area (Å²) in [7, 11) is 0. The molecule has 1 aliphatic heterocycles. The predicted molar refractivity (Wildman–Crippen MR) is 186 cm³/mol. The lowest BCUT2D eigenvalue weighted by Crippen LogP contribution is -2.27. The van der Waals surface area contributed by atoms with E-state index in [2.05, 4.69) is 16.9 Å². The minimum Gasteiger partial charge on any atom is -0.381 e. The van der Waals surface area contributed by atoms with Crippen LogP contribution in [0.2, 0.25) is 0 Å². The number of amides is 1. The van der Waals surface area contributed by atoms with E-state index in [0.717, 1.165) is 17.2 Å². The number of fused-ring (bicyclic) bond motifs is 1. The van der Waals surface area contributed by atoms with Crippen LogP contribution in [0.15, 0.2) is 121 Å². The number of carbonyl (C=O) groups is 2. The first-order valence-electron chi connectivity index (χ1n) is 14.5. The third-order valence-electron chi connectivity index (χ3n) is 7.59. The van der Waals surface area contributed by atoms with Gasteiger partial charge in [-0.3, -0.25) is 19.5 Å². The molecule has 5 nitrogen and oxygen atoms in total. The van der Waals surface area contributed by atoms with Crippen LogP contribution in [0, 0.1) is 0 Å². The first-order chi connectivity index (χ1) is 22.6. The summed E-state index contributed by atoms with van der Waals surface area (Å²) >= 11 is 6.57. The van der Waals surface area contributed by atoms with Crippen LogP contribution in [0.1, 0.15) is 32.6 Å². The number of pyridine rings is 1. The van der Waals surface area contributed by atoms with E-state index in [1.54, 1.807) is 60.7 Å². The van der Waals surface area contributed by atoms with E-state index < -0.39 is 11.7 Å². The molecule has 1 aliphatic rings. The van der Waals surface area contributed by atoms with Gasteiger partial charge in [0.2, 0.25) is 0 Å². The molecule has 0 unspecified atom stereocenters. The molecule has 47 heavy (non-hydrogen) atoms. The molecule has 2 heterocycles. The fourth-order valence-electron chi connectivity index (χ4n) is 5.34. The molecule has 1 saturated heterocycles. The smallest absolute Gasteiger partial charge is 0.381 e. The van der Waals surface area contributed by atoms with E-state index in [1.807, 2.05) is 36.4 Å². The van der Waals surface area contributed by atoms with E-state index in [1.165, 1.54) is 28.9 Å². The number of alkyl halides is 3.